The quantitative estimate of drug-likeness (QED) is 0.489. The van der Waals surface area contributed by atoms with E-state index in [1.807, 2.05) is 30.3 Å². The van der Waals surface area contributed by atoms with Gasteiger partial charge in [0.1, 0.15) is 5.25 Å². The first-order chi connectivity index (χ1) is 13.1. The van der Waals surface area contributed by atoms with Gasteiger partial charge in [-0.15, -0.1) is 5.10 Å². The average molecular weight is 384 g/mol. The predicted molar refractivity (Wildman–Crippen MR) is 97.8 cm³/mol. The molecule has 138 valence electrons. The van der Waals surface area contributed by atoms with Crippen molar-refractivity contribution in [1.82, 2.24) is 20.2 Å². The topological polar surface area (TPSA) is 107 Å². The molecule has 1 atom stereocenters. The maximum absolute atomic E-state index is 12.5. The van der Waals surface area contributed by atoms with Crippen LogP contribution in [0.1, 0.15) is 28.1 Å². The monoisotopic (exact) mass is 384 g/mol. The fourth-order valence-corrected chi connectivity index (χ4v) is 3.36. The number of thioether (sulfide) groups is 1. The summed E-state index contributed by atoms with van der Waals surface area (Å²) in [6, 6.07) is 15.4. The van der Waals surface area contributed by atoms with E-state index >= 15 is 0 Å². The summed E-state index contributed by atoms with van der Waals surface area (Å²) in [6.07, 6.45) is 0. The van der Waals surface area contributed by atoms with E-state index in [2.05, 4.69) is 15.5 Å². The smallest absolute Gasteiger partial charge is 0.335 e. The number of ether oxygens (including phenoxy) is 1. The van der Waals surface area contributed by atoms with E-state index in [9.17, 15) is 9.59 Å². The molecule has 2 aromatic carbocycles. The first kappa shape index (κ1) is 18.6. The number of aromatic carboxylic acids is 1. The summed E-state index contributed by atoms with van der Waals surface area (Å²) in [6.45, 7) is 2.02. The van der Waals surface area contributed by atoms with Crippen LogP contribution in [-0.2, 0) is 9.53 Å². The molecule has 1 aromatic heterocycles. The highest BCUT2D eigenvalue weighted by Gasteiger charge is 2.26. The SMILES string of the molecule is CCOC(=O)C(Sc1nnnn1-c1ccc(C(=O)O)cc1)c1ccccc1. The van der Waals surface area contributed by atoms with E-state index < -0.39 is 11.2 Å². The van der Waals surface area contributed by atoms with Gasteiger partial charge in [-0.05, 0) is 47.2 Å². The van der Waals surface area contributed by atoms with Crippen molar-refractivity contribution >= 4 is 23.7 Å². The maximum Gasteiger partial charge on any atom is 0.335 e. The number of carboxylic acids is 1. The number of rotatable bonds is 7. The minimum atomic E-state index is -1.01. The van der Waals surface area contributed by atoms with Gasteiger partial charge in [-0.2, -0.15) is 4.68 Å². The Hall–Kier alpha value is -3.20. The lowest BCUT2D eigenvalue weighted by molar-refractivity contribution is -0.142. The van der Waals surface area contributed by atoms with Crippen LogP contribution in [-0.4, -0.2) is 43.9 Å². The molecule has 0 radical (unpaired) electrons. The summed E-state index contributed by atoms with van der Waals surface area (Å²) in [5.41, 5.74) is 1.52. The molecular formula is C18H16N4O4S. The Morgan fingerprint density at radius 1 is 1.15 bits per heavy atom. The minimum Gasteiger partial charge on any atom is -0.478 e. The highest BCUT2D eigenvalue weighted by Crippen LogP contribution is 2.35. The summed E-state index contributed by atoms with van der Waals surface area (Å²) in [5.74, 6) is -1.40. The zero-order valence-electron chi connectivity index (χ0n) is 14.3. The fourth-order valence-electron chi connectivity index (χ4n) is 2.36. The van der Waals surface area contributed by atoms with Gasteiger partial charge in [-0.3, -0.25) is 4.79 Å². The average Bonchev–Trinajstić information content (AvgIpc) is 3.15. The van der Waals surface area contributed by atoms with Crippen LogP contribution < -0.4 is 0 Å². The first-order valence-corrected chi connectivity index (χ1v) is 8.98. The summed E-state index contributed by atoms with van der Waals surface area (Å²) >= 11 is 1.16. The molecule has 8 nitrogen and oxygen atoms in total. The third kappa shape index (κ3) is 4.32. The molecule has 27 heavy (non-hydrogen) atoms. The predicted octanol–water partition coefficient (Wildman–Crippen LogP) is 2.76. The second-order valence-electron chi connectivity index (χ2n) is 5.39. The maximum atomic E-state index is 12.5. The molecule has 0 aliphatic rings. The van der Waals surface area contributed by atoms with E-state index in [0.717, 1.165) is 17.3 Å². The van der Waals surface area contributed by atoms with Crippen LogP contribution in [0.2, 0.25) is 0 Å². The van der Waals surface area contributed by atoms with Crippen molar-refractivity contribution in [3.63, 3.8) is 0 Å². The van der Waals surface area contributed by atoms with Crippen molar-refractivity contribution in [2.75, 3.05) is 6.61 Å². The van der Waals surface area contributed by atoms with Crippen LogP contribution in [0.3, 0.4) is 0 Å². The lowest BCUT2D eigenvalue weighted by Gasteiger charge is -2.15. The van der Waals surface area contributed by atoms with Crippen molar-refractivity contribution in [3.8, 4) is 5.69 Å². The molecule has 3 aromatic rings. The number of tetrazole rings is 1. The van der Waals surface area contributed by atoms with Crippen LogP contribution in [0, 0.1) is 0 Å². The number of hydrogen-bond acceptors (Lipinski definition) is 7. The molecule has 0 fully saturated rings. The second kappa shape index (κ2) is 8.45. The number of benzene rings is 2. The summed E-state index contributed by atoms with van der Waals surface area (Å²) in [5, 5.41) is 20.4. The molecule has 0 bridgehead atoms. The first-order valence-electron chi connectivity index (χ1n) is 8.10. The molecule has 0 saturated carbocycles. The number of hydrogen-bond donors (Lipinski definition) is 1. The zero-order valence-corrected chi connectivity index (χ0v) is 15.2. The number of carbonyl (C=O) groups excluding carboxylic acids is 1. The second-order valence-corrected chi connectivity index (χ2v) is 6.46. The van der Waals surface area contributed by atoms with Crippen molar-refractivity contribution in [2.24, 2.45) is 0 Å². The van der Waals surface area contributed by atoms with Crippen molar-refractivity contribution in [3.05, 3.63) is 65.7 Å². The Bertz CT molecular complexity index is 928. The highest BCUT2D eigenvalue weighted by molar-refractivity contribution is 8.00. The van der Waals surface area contributed by atoms with Crippen molar-refractivity contribution in [2.45, 2.75) is 17.3 Å². The largest absolute Gasteiger partial charge is 0.478 e. The number of esters is 1. The Kier molecular flexibility index (Phi) is 5.82. The summed E-state index contributed by atoms with van der Waals surface area (Å²) in [4.78, 5) is 23.5. The molecule has 1 unspecified atom stereocenters. The van der Waals surface area contributed by atoms with Gasteiger partial charge in [0.15, 0.2) is 0 Å². The fraction of sp³-hybridized carbons (Fsp3) is 0.167. The highest BCUT2D eigenvalue weighted by atomic mass is 32.2. The van der Waals surface area contributed by atoms with E-state index in [-0.39, 0.29) is 18.1 Å². The number of nitrogens with zero attached hydrogens (tertiary/aromatic N) is 4. The van der Waals surface area contributed by atoms with Crippen LogP contribution in [0.4, 0.5) is 0 Å². The van der Waals surface area contributed by atoms with Crippen LogP contribution in [0.15, 0.2) is 59.8 Å². The number of carboxylic acid groups (broad SMARTS) is 1. The number of aromatic nitrogens is 4. The van der Waals surface area contributed by atoms with Crippen LogP contribution >= 0.6 is 11.8 Å². The Labute approximate surface area is 159 Å². The van der Waals surface area contributed by atoms with Gasteiger partial charge in [-0.25, -0.2) is 4.79 Å². The lowest BCUT2D eigenvalue weighted by Crippen LogP contribution is -2.14. The van der Waals surface area contributed by atoms with E-state index in [1.165, 1.54) is 16.8 Å². The molecule has 0 spiro atoms. The normalized spacial score (nSPS) is 11.7. The lowest BCUT2D eigenvalue weighted by atomic mass is 10.1. The van der Waals surface area contributed by atoms with Gasteiger partial charge in [0.25, 0.3) is 0 Å². The summed E-state index contributed by atoms with van der Waals surface area (Å²) < 4.78 is 6.64. The molecule has 0 saturated heterocycles. The molecule has 9 heteroatoms. The van der Waals surface area contributed by atoms with Gasteiger partial charge >= 0.3 is 11.9 Å². The standard InChI is InChI=1S/C18H16N4O4S/c1-2-26-17(25)15(12-6-4-3-5-7-12)27-18-19-20-21-22(18)14-10-8-13(9-11-14)16(23)24/h3-11,15H,2H2,1H3,(H,23,24). The van der Waals surface area contributed by atoms with E-state index in [4.69, 9.17) is 9.84 Å². The van der Waals surface area contributed by atoms with Crippen molar-refractivity contribution < 1.29 is 19.4 Å². The Balaban J connectivity index is 1.91. The van der Waals surface area contributed by atoms with Gasteiger partial charge in [-0.1, -0.05) is 42.1 Å². The minimum absolute atomic E-state index is 0.162. The van der Waals surface area contributed by atoms with E-state index in [0.29, 0.717) is 10.8 Å². The third-order valence-electron chi connectivity index (χ3n) is 3.63. The third-order valence-corrected chi connectivity index (χ3v) is 4.79. The van der Waals surface area contributed by atoms with Crippen LogP contribution in [0.5, 0.6) is 0 Å². The molecular weight excluding hydrogens is 368 g/mol. The van der Waals surface area contributed by atoms with Gasteiger partial charge < -0.3 is 9.84 Å². The van der Waals surface area contributed by atoms with Crippen LogP contribution in [0.25, 0.3) is 5.69 Å². The molecule has 0 aliphatic heterocycles. The van der Waals surface area contributed by atoms with Gasteiger partial charge in [0.2, 0.25) is 5.16 Å². The molecule has 1 heterocycles. The zero-order chi connectivity index (χ0) is 19.2. The van der Waals surface area contributed by atoms with Gasteiger partial charge in [0.05, 0.1) is 17.9 Å². The summed E-state index contributed by atoms with van der Waals surface area (Å²) in [7, 11) is 0. The van der Waals surface area contributed by atoms with E-state index in [1.54, 1.807) is 19.1 Å². The molecule has 1 N–H and O–H groups in total. The Morgan fingerprint density at radius 2 is 1.85 bits per heavy atom. The Morgan fingerprint density at radius 3 is 2.48 bits per heavy atom. The number of carbonyl (C=O) groups is 2. The van der Waals surface area contributed by atoms with Crippen molar-refractivity contribution in [1.29, 1.82) is 0 Å². The molecule has 0 amide bonds. The molecule has 3 rings (SSSR count). The van der Waals surface area contributed by atoms with Gasteiger partial charge in [0, 0.05) is 0 Å². The molecule has 0 aliphatic carbocycles.